The molecule has 2 bridgehead atoms. The maximum atomic E-state index is 12.8. The van der Waals surface area contributed by atoms with Crippen molar-refractivity contribution in [2.24, 2.45) is 5.41 Å². The lowest BCUT2D eigenvalue weighted by atomic mass is 9.68. The lowest BCUT2D eigenvalue weighted by Crippen LogP contribution is -2.60. The summed E-state index contributed by atoms with van der Waals surface area (Å²) in [5, 5.41) is 2.61. The second-order valence-corrected chi connectivity index (χ2v) is 9.16. The first-order chi connectivity index (χ1) is 12.7. The van der Waals surface area contributed by atoms with E-state index in [1.807, 2.05) is 17.0 Å². The van der Waals surface area contributed by atoms with Crippen molar-refractivity contribution in [2.45, 2.75) is 64.5 Å². The van der Waals surface area contributed by atoms with E-state index in [1.54, 1.807) is 12.1 Å². The molecule has 27 heavy (non-hydrogen) atoms. The smallest absolute Gasteiger partial charge is 0.411 e. The Morgan fingerprint density at radius 2 is 1.96 bits per heavy atom. The number of carbonyl (C=O) groups excluding carboxylic acids is 2. The summed E-state index contributed by atoms with van der Waals surface area (Å²) in [6, 6.07) is 7.43. The van der Waals surface area contributed by atoms with Crippen LogP contribution in [-0.4, -0.2) is 35.5 Å². The molecule has 0 radical (unpaired) electrons. The van der Waals surface area contributed by atoms with Crippen LogP contribution in [0.1, 0.15) is 52.9 Å². The molecule has 148 valence electrons. The van der Waals surface area contributed by atoms with E-state index in [9.17, 15) is 9.59 Å². The molecule has 0 aliphatic carbocycles. The molecule has 2 atom stereocenters. The van der Waals surface area contributed by atoms with E-state index in [-0.39, 0.29) is 23.1 Å². The Bertz CT molecular complexity index is 714. The van der Waals surface area contributed by atoms with Crippen LogP contribution in [0, 0.1) is 5.41 Å². The molecule has 2 aliphatic rings. The number of halogens is 1. The number of nitrogens with zero attached hydrogens (tertiary/aromatic N) is 1. The van der Waals surface area contributed by atoms with Crippen molar-refractivity contribution in [3.05, 3.63) is 28.7 Å². The van der Waals surface area contributed by atoms with Crippen molar-refractivity contribution in [1.82, 2.24) is 4.90 Å². The molecule has 0 aromatic heterocycles. The van der Waals surface area contributed by atoms with Gasteiger partial charge in [0.05, 0.1) is 11.2 Å². The number of nitrogens with one attached hydrogen (secondary N) is 1. The van der Waals surface area contributed by atoms with E-state index >= 15 is 0 Å². The molecule has 7 heteroatoms. The fourth-order valence-electron chi connectivity index (χ4n) is 4.50. The highest BCUT2D eigenvalue weighted by atomic mass is 79.9. The molecule has 6 nitrogen and oxygen atoms in total. The first-order valence-corrected chi connectivity index (χ1v) is 10.2. The SMILES string of the molecule is CC(C)(C)C12CCCC(CC1)N2C(=O)OCOC(=O)Nc1ccccc1Br. The molecule has 2 amide bonds. The van der Waals surface area contributed by atoms with Gasteiger partial charge in [0, 0.05) is 10.5 Å². The molecular formula is C20H27BrN2O4. The van der Waals surface area contributed by atoms with Gasteiger partial charge in [-0.25, -0.2) is 9.59 Å². The van der Waals surface area contributed by atoms with Gasteiger partial charge in [-0.2, -0.15) is 0 Å². The normalized spacial score (nSPS) is 24.4. The summed E-state index contributed by atoms with van der Waals surface area (Å²) in [7, 11) is 0. The first-order valence-electron chi connectivity index (χ1n) is 9.39. The molecule has 2 fully saturated rings. The standard InChI is InChI=1S/C20H27BrN2O4/c1-19(2,3)20-11-6-7-14(10-12-20)23(20)18(25)27-13-26-17(24)22-16-9-5-4-8-15(16)21/h4-5,8-9,14H,6-7,10-13H2,1-3H3,(H,22,24). The van der Waals surface area contributed by atoms with Crippen LogP contribution in [0.2, 0.25) is 0 Å². The predicted octanol–water partition coefficient (Wildman–Crippen LogP) is 5.52. The van der Waals surface area contributed by atoms with Crippen LogP contribution >= 0.6 is 15.9 Å². The maximum absolute atomic E-state index is 12.8. The van der Waals surface area contributed by atoms with Crippen molar-refractivity contribution in [1.29, 1.82) is 0 Å². The molecule has 2 aliphatic heterocycles. The number of rotatable bonds is 3. The molecule has 2 unspecified atom stereocenters. The van der Waals surface area contributed by atoms with Gasteiger partial charge in [0.2, 0.25) is 6.79 Å². The van der Waals surface area contributed by atoms with Crippen LogP contribution in [-0.2, 0) is 9.47 Å². The van der Waals surface area contributed by atoms with E-state index in [2.05, 4.69) is 42.0 Å². The third-order valence-corrected chi connectivity index (χ3v) is 6.61. The van der Waals surface area contributed by atoms with Crippen molar-refractivity contribution >= 4 is 33.8 Å². The molecule has 1 N–H and O–H groups in total. The van der Waals surface area contributed by atoms with E-state index in [0.29, 0.717) is 5.69 Å². The van der Waals surface area contributed by atoms with Crippen LogP contribution in [0.25, 0.3) is 0 Å². The van der Waals surface area contributed by atoms with Crippen LogP contribution in [0.5, 0.6) is 0 Å². The van der Waals surface area contributed by atoms with Gasteiger partial charge in [-0.15, -0.1) is 0 Å². The Morgan fingerprint density at radius 1 is 1.22 bits per heavy atom. The van der Waals surface area contributed by atoms with Gasteiger partial charge in [-0.1, -0.05) is 32.9 Å². The molecule has 0 saturated carbocycles. The number of benzene rings is 1. The number of anilines is 1. The Hall–Kier alpha value is -1.76. The zero-order valence-corrected chi connectivity index (χ0v) is 17.7. The van der Waals surface area contributed by atoms with Gasteiger partial charge in [0.25, 0.3) is 0 Å². The molecule has 1 aromatic carbocycles. The zero-order chi connectivity index (χ0) is 19.7. The van der Waals surface area contributed by atoms with Crippen LogP contribution in [0.4, 0.5) is 15.3 Å². The molecular weight excluding hydrogens is 412 g/mol. The number of hydrogen-bond acceptors (Lipinski definition) is 4. The molecule has 2 saturated heterocycles. The van der Waals surface area contributed by atoms with E-state index in [4.69, 9.17) is 9.47 Å². The Morgan fingerprint density at radius 3 is 2.67 bits per heavy atom. The fraction of sp³-hybridized carbons (Fsp3) is 0.600. The summed E-state index contributed by atoms with van der Waals surface area (Å²) in [6.07, 6.45) is 4.09. The van der Waals surface area contributed by atoms with Gasteiger partial charge in [-0.3, -0.25) is 10.2 Å². The van der Waals surface area contributed by atoms with E-state index in [1.165, 1.54) is 0 Å². The number of hydrogen-bond donors (Lipinski definition) is 1. The molecule has 2 heterocycles. The lowest BCUT2D eigenvalue weighted by Gasteiger charge is -2.51. The zero-order valence-electron chi connectivity index (χ0n) is 16.1. The number of amides is 2. The summed E-state index contributed by atoms with van der Waals surface area (Å²) < 4.78 is 11.1. The largest absolute Gasteiger partial charge is 0.414 e. The Labute approximate surface area is 168 Å². The minimum atomic E-state index is -0.665. The molecule has 3 rings (SSSR count). The van der Waals surface area contributed by atoms with Crippen molar-refractivity contribution < 1.29 is 19.1 Å². The quantitative estimate of drug-likeness (QED) is 0.630. The summed E-state index contributed by atoms with van der Waals surface area (Å²) >= 11 is 3.35. The van der Waals surface area contributed by atoms with Gasteiger partial charge in [0.1, 0.15) is 0 Å². The van der Waals surface area contributed by atoms with Gasteiger partial charge in [-0.05, 0) is 65.6 Å². The Kier molecular flexibility index (Phi) is 5.70. The average Bonchev–Trinajstić information content (AvgIpc) is 2.83. The highest BCUT2D eigenvalue weighted by Gasteiger charge is 2.57. The second kappa shape index (κ2) is 7.70. The number of carbonyl (C=O) groups is 2. The van der Waals surface area contributed by atoms with Gasteiger partial charge >= 0.3 is 12.2 Å². The number of ether oxygens (including phenoxy) is 2. The van der Waals surface area contributed by atoms with Crippen molar-refractivity contribution in [3.8, 4) is 0 Å². The number of para-hydroxylation sites is 1. The highest BCUT2D eigenvalue weighted by molar-refractivity contribution is 9.10. The third kappa shape index (κ3) is 3.93. The molecule has 1 aromatic rings. The lowest BCUT2D eigenvalue weighted by molar-refractivity contribution is -0.0474. The van der Waals surface area contributed by atoms with Gasteiger partial charge < -0.3 is 9.47 Å². The summed E-state index contributed by atoms with van der Waals surface area (Å²) in [6.45, 7) is 6.15. The minimum Gasteiger partial charge on any atom is -0.411 e. The van der Waals surface area contributed by atoms with Crippen LogP contribution in [0.3, 0.4) is 0 Å². The number of fused-ring (bicyclic) bond motifs is 2. The van der Waals surface area contributed by atoms with E-state index in [0.717, 1.165) is 36.6 Å². The minimum absolute atomic E-state index is 0.0288. The molecule has 0 spiro atoms. The first kappa shape index (κ1) is 20.0. The predicted molar refractivity (Wildman–Crippen MR) is 106 cm³/mol. The third-order valence-electron chi connectivity index (χ3n) is 5.92. The van der Waals surface area contributed by atoms with Crippen LogP contribution in [0.15, 0.2) is 28.7 Å². The van der Waals surface area contributed by atoms with E-state index < -0.39 is 12.9 Å². The van der Waals surface area contributed by atoms with Crippen molar-refractivity contribution in [2.75, 3.05) is 12.1 Å². The topological polar surface area (TPSA) is 67.9 Å². The van der Waals surface area contributed by atoms with Crippen molar-refractivity contribution in [3.63, 3.8) is 0 Å². The average molecular weight is 439 g/mol. The monoisotopic (exact) mass is 438 g/mol. The highest BCUT2D eigenvalue weighted by Crippen LogP contribution is 2.53. The number of piperidine rings is 1. The van der Waals surface area contributed by atoms with Crippen LogP contribution < -0.4 is 5.32 Å². The van der Waals surface area contributed by atoms with Gasteiger partial charge in [0.15, 0.2) is 0 Å². The summed E-state index contributed by atoms with van der Waals surface area (Å²) in [4.78, 5) is 26.6. The second-order valence-electron chi connectivity index (χ2n) is 8.30. The summed E-state index contributed by atoms with van der Waals surface area (Å²) in [5.41, 5.74) is 0.387. The fourth-order valence-corrected chi connectivity index (χ4v) is 4.88. The maximum Gasteiger partial charge on any atom is 0.414 e. The summed E-state index contributed by atoms with van der Waals surface area (Å²) in [5.74, 6) is 0. The Balaban J connectivity index is 1.56.